The van der Waals surface area contributed by atoms with Gasteiger partial charge in [-0.3, -0.25) is 19.2 Å². The number of carbonyl (C=O) groups excluding carboxylic acids is 4. The first-order valence-electron chi connectivity index (χ1n) is 8.00. The van der Waals surface area contributed by atoms with Gasteiger partial charge in [0.05, 0.1) is 0 Å². The van der Waals surface area contributed by atoms with Gasteiger partial charge in [0, 0.05) is 81.1 Å². The molecule has 138 valence electrons. The van der Waals surface area contributed by atoms with Crippen molar-refractivity contribution in [1.29, 1.82) is 0 Å². The second kappa shape index (κ2) is 10.6. The van der Waals surface area contributed by atoms with Gasteiger partial charge in [0.1, 0.15) is 0 Å². The van der Waals surface area contributed by atoms with Crippen LogP contribution in [0.15, 0.2) is 0 Å². The molecule has 0 spiro atoms. The van der Waals surface area contributed by atoms with Crippen LogP contribution < -0.4 is 0 Å². The molecule has 0 aliphatic heterocycles. The molecule has 0 saturated carbocycles. The van der Waals surface area contributed by atoms with Crippen LogP contribution in [-0.4, -0.2) is 96.6 Å². The predicted octanol–water partition coefficient (Wildman–Crippen LogP) is -0.360. The van der Waals surface area contributed by atoms with Crippen molar-refractivity contribution in [3.63, 3.8) is 0 Å². The highest BCUT2D eigenvalue weighted by molar-refractivity contribution is 5.75. The lowest BCUT2D eigenvalue weighted by Crippen LogP contribution is -2.44. The first-order chi connectivity index (χ1) is 11.1. The molecule has 0 aliphatic carbocycles. The van der Waals surface area contributed by atoms with Gasteiger partial charge in [0.25, 0.3) is 0 Å². The van der Waals surface area contributed by atoms with E-state index in [4.69, 9.17) is 0 Å². The normalized spacial score (nSPS) is 10.1. The van der Waals surface area contributed by atoms with Crippen LogP contribution in [0.3, 0.4) is 0 Å². The first-order valence-corrected chi connectivity index (χ1v) is 8.00. The summed E-state index contributed by atoms with van der Waals surface area (Å²) >= 11 is 0. The molecule has 0 rings (SSSR count). The van der Waals surface area contributed by atoms with Gasteiger partial charge in [-0.2, -0.15) is 0 Å². The lowest BCUT2D eigenvalue weighted by Gasteiger charge is -2.29. The lowest BCUT2D eigenvalue weighted by molar-refractivity contribution is -0.134. The third kappa shape index (κ3) is 8.50. The molecule has 8 heteroatoms. The molecule has 0 bridgehead atoms. The van der Waals surface area contributed by atoms with E-state index >= 15 is 0 Å². The third-order valence-corrected chi connectivity index (χ3v) is 4.02. The summed E-state index contributed by atoms with van der Waals surface area (Å²) in [4.78, 5) is 52.2. The molecule has 0 heterocycles. The minimum Gasteiger partial charge on any atom is -0.344 e. The van der Waals surface area contributed by atoms with Crippen molar-refractivity contribution in [2.24, 2.45) is 0 Å². The summed E-state index contributed by atoms with van der Waals surface area (Å²) in [5, 5.41) is 0. The molecule has 0 N–H and O–H groups in total. The summed E-state index contributed by atoms with van der Waals surface area (Å²) in [5.74, 6) is -0.320. The van der Waals surface area contributed by atoms with Crippen molar-refractivity contribution in [3.05, 3.63) is 0 Å². The van der Waals surface area contributed by atoms with Crippen molar-refractivity contribution >= 4 is 23.6 Å². The molecule has 0 aromatic heterocycles. The monoisotopic (exact) mass is 342 g/mol. The summed E-state index contributed by atoms with van der Waals surface area (Å²) in [6, 6.07) is 0. The van der Waals surface area contributed by atoms with E-state index < -0.39 is 0 Å². The summed E-state index contributed by atoms with van der Waals surface area (Å²) in [5.41, 5.74) is 0. The van der Waals surface area contributed by atoms with E-state index in [0.29, 0.717) is 39.3 Å². The molecule has 0 radical (unpaired) electrons. The van der Waals surface area contributed by atoms with Gasteiger partial charge in [-0.25, -0.2) is 0 Å². The van der Waals surface area contributed by atoms with Gasteiger partial charge in [-0.05, 0) is 0 Å². The Morgan fingerprint density at radius 1 is 0.500 bits per heavy atom. The van der Waals surface area contributed by atoms with E-state index in [0.717, 1.165) is 0 Å². The summed E-state index contributed by atoms with van der Waals surface area (Å²) in [6.07, 6.45) is 0. The Labute approximate surface area is 144 Å². The molecule has 8 nitrogen and oxygen atoms in total. The SMILES string of the molecule is CC(=O)N(C)CCN(CCN(CCN(C)C(C)=O)C(C)=O)C(C)=O. The Balaban J connectivity index is 4.55. The van der Waals surface area contributed by atoms with Gasteiger partial charge in [-0.1, -0.05) is 0 Å². The van der Waals surface area contributed by atoms with Crippen molar-refractivity contribution in [2.45, 2.75) is 27.7 Å². The number of likely N-dealkylation sites (N-methyl/N-ethyl adjacent to an activating group) is 2. The number of amides is 4. The highest BCUT2D eigenvalue weighted by Gasteiger charge is 2.15. The quantitative estimate of drug-likeness (QED) is 0.573. The average Bonchev–Trinajstić information content (AvgIpc) is 2.48. The molecule has 0 saturated heterocycles. The zero-order chi connectivity index (χ0) is 18.9. The maximum absolute atomic E-state index is 11.7. The fourth-order valence-electron chi connectivity index (χ4n) is 1.95. The molecule has 24 heavy (non-hydrogen) atoms. The van der Waals surface area contributed by atoms with Gasteiger partial charge >= 0.3 is 0 Å². The summed E-state index contributed by atoms with van der Waals surface area (Å²) in [7, 11) is 3.36. The Kier molecular flexibility index (Phi) is 9.68. The lowest BCUT2D eigenvalue weighted by atomic mass is 10.3. The summed E-state index contributed by atoms with van der Waals surface area (Å²) < 4.78 is 0. The minimum atomic E-state index is -0.101. The maximum atomic E-state index is 11.7. The van der Waals surface area contributed by atoms with Crippen LogP contribution >= 0.6 is 0 Å². The number of nitrogens with zero attached hydrogens (tertiary/aromatic N) is 4. The Hall–Kier alpha value is -2.12. The standard InChI is InChI=1S/C16H30N4O4/c1-13(21)17(5)7-9-19(15(3)23)11-12-20(16(4)24)10-8-18(6)14(2)22/h7-12H2,1-6H3. The number of carbonyl (C=O) groups is 4. The smallest absolute Gasteiger partial charge is 0.219 e. The molecule has 0 atom stereocenters. The topological polar surface area (TPSA) is 81.2 Å². The van der Waals surface area contributed by atoms with E-state index in [1.165, 1.54) is 27.7 Å². The first kappa shape index (κ1) is 21.9. The van der Waals surface area contributed by atoms with Crippen molar-refractivity contribution in [3.8, 4) is 0 Å². The number of hydrogen-bond donors (Lipinski definition) is 0. The number of rotatable bonds is 9. The largest absolute Gasteiger partial charge is 0.344 e. The third-order valence-electron chi connectivity index (χ3n) is 4.02. The fourth-order valence-corrected chi connectivity index (χ4v) is 1.95. The molecule has 0 aromatic rings. The number of hydrogen-bond acceptors (Lipinski definition) is 4. The second-order valence-electron chi connectivity index (χ2n) is 5.89. The summed E-state index contributed by atoms with van der Waals surface area (Å²) in [6.45, 7) is 8.40. The molecular formula is C16H30N4O4. The fraction of sp³-hybridized carbons (Fsp3) is 0.750. The molecule has 4 amide bonds. The van der Waals surface area contributed by atoms with Crippen LogP contribution in [0.4, 0.5) is 0 Å². The maximum Gasteiger partial charge on any atom is 0.219 e. The van der Waals surface area contributed by atoms with E-state index in [9.17, 15) is 19.2 Å². The van der Waals surface area contributed by atoms with Crippen LogP contribution in [0.25, 0.3) is 0 Å². The van der Waals surface area contributed by atoms with Gasteiger partial charge in [0.2, 0.25) is 23.6 Å². The molecule has 0 aromatic carbocycles. The molecule has 0 unspecified atom stereocenters. The van der Waals surface area contributed by atoms with Gasteiger partial charge < -0.3 is 19.6 Å². The van der Waals surface area contributed by atoms with Gasteiger partial charge in [-0.15, -0.1) is 0 Å². The highest BCUT2D eigenvalue weighted by Crippen LogP contribution is 1.97. The highest BCUT2D eigenvalue weighted by atomic mass is 16.2. The van der Waals surface area contributed by atoms with Crippen LogP contribution in [0.5, 0.6) is 0 Å². The van der Waals surface area contributed by atoms with Crippen LogP contribution in [0, 0.1) is 0 Å². The van der Waals surface area contributed by atoms with Crippen molar-refractivity contribution in [1.82, 2.24) is 19.6 Å². The van der Waals surface area contributed by atoms with Crippen LogP contribution in [0.2, 0.25) is 0 Å². The van der Waals surface area contributed by atoms with Crippen molar-refractivity contribution < 1.29 is 19.2 Å². The predicted molar refractivity (Wildman–Crippen MR) is 91.1 cm³/mol. The molecule has 0 fully saturated rings. The zero-order valence-electron chi connectivity index (χ0n) is 15.7. The van der Waals surface area contributed by atoms with E-state index in [1.54, 1.807) is 33.7 Å². The van der Waals surface area contributed by atoms with Crippen LogP contribution in [-0.2, 0) is 19.2 Å². The van der Waals surface area contributed by atoms with Crippen molar-refractivity contribution in [2.75, 3.05) is 53.4 Å². The molecule has 0 aliphatic rings. The average molecular weight is 342 g/mol. The van der Waals surface area contributed by atoms with E-state index in [-0.39, 0.29) is 23.6 Å². The van der Waals surface area contributed by atoms with Gasteiger partial charge in [0.15, 0.2) is 0 Å². The van der Waals surface area contributed by atoms with Crippen LogP contribution in [0.1, 0.15) is 27.7 Å². The second-order valence-corrected chi connectivity index (χ2v) is 5.89. The minimum absolute atomic E-state index is 0.0591. The Morgan fingerprint density at radius 3 is 0.958 bits per heavy atom. The zero-order valence-corrected chi connectivity index (χ0v) is 15.7. The van der Waals surface area contributed by atoms with E-state index in [1.807, 2.05) is 0 Å². The Bertz CT molecular complexity index is 425. The molecular weight excluding hydrogens is 312 g/mol. The van der Waals surface area contributed by atoms with E-state index in [2.05, 4.69) is 0 Å². The Morgan fingerprint density at radius 2 is 0.750 bits per heavy atom.